The van der Waals surface area contributed by atoms with Crippen LogP contribution in [0.4, 0.5) is 24.5 Å². The predicted molar refractivity (Wildman–Crippen MR) is 101 cm³/mol. The largest absolute Gasteiger partial charge is 0.495 e. The molecule has 0 aliphatic carbocycles. The van der Waals surface area contributed by atoms with Crippen molar-refractivity contribution in [2.24, 2.45) is 0 Å². The maximum Gasteiger partial charge on any atom is 0.446 e. The van der Waals surface area contributed by atoms with Gasteiger partial charge in [-0.3, -0.25) is 9.59 Å². The number of methoxy groups -OCH3 is 1. The molecule has 1 N–H and O–H groups in total. The quantitative estimate of drug-likeness (QED) is 0.727. The summed E-state index contributed by atoms with van der Waals surface area (Å²) in [7, 11) is 1.47. The van der Waals surface area contributed by atoms with Gasteiger partial charge in [-0.05, 0) is 48.5 Å². The third kappa shape index (κ3) is 4.59. The van der Waals surface area contributed by atoms with Crippen LogP contribution in [0.1, 0.15) is 23.2 Å². The normalized spacial score (nSPS) is 14.3. The minimum atomic E-state index is -4.50. The van der Waals surface area contributed by atoms with E-state index in [-0.39, 0.29) is 28.1 Å². The van der Waals surface area contributed by atoms with E-state index in [0.29, 0.717) is 30.1 Å². The second-order valence-electron chi connectivity index (χ2n) is 6.03. The second-order valence-corrected chi connectivity index (χ2v) is 7.14. The van der Waals surface area contributed by atoms with Crippen LogP contribution in [0.2, 0.25) is 0 Å². The SMILES string of the molecule is COc1ccc(NC(=O)c2ccccc2SC(F)(F)F)cc1N1CCCC1=O. The number of benzene rings is 2. The fourth-order valence-electron chi connectivity index (χ4n) is 2.95. The summed E-state index contributed by atoms with van der Waals surface area (Å²) in [5.41, 5.74) is -3.72. The van der Waals surface area contributed by atoms with E-state index < -0.39 is 11.4 Å². The Kier molecular flexibility index (Phi) is 5.83. The van der Waals surface area contributed by atoms with Crippen LogP contribution in [-0.2, 0) is 4.79 Å². The molecule has 3 rings (SSSR count). The second kappa shape index (κ2) is 8.14. The first-order valence-electron chi connectivity index (χ1n) is 8.43. The van der Waals surface area contributed by atoms with Crippen LogP contribution in [0, 0.1) is 0 Å². The van der Waals surface area contributed by atoms with Crippen molar-refractivity contribution in [1.29, 1.82) is 0 Å². The number of hydrogen-bond donors (Lipinski definition) is 1. The molecule has 1 fully saturated rings. The maximum absolute atomic E-state index is 12.7. The van der Waals surface area contributed by atoms with Crippen LogP contribution in [-0.4, -0.2) is 31.0 Å². The molecule has 0 saturated carbocycles. The Labute approximate surface area is 163 Å². The van der Waals surface area contributed by atoms with Gasteiger partial charge in [0, 0.05) is 23.5 Å². The highest BCUT2D eigenvalue weighted by Gasteiger charge is 2.31. The van der Waals surface area contributed by atoms with Crippen molar-refractivity contribution in [2.45, 2.75) is 23.2 Å². The number of amides is 2. The molecule has 0 radical (unpaired) electrons. The van der Waals surface area contributed by atoms with E-state index in [1.807, 2.05) is 0 Å². The Bertz CT molecular complexity index is 902. The zero-order valence-electron chi connectivity index (χ0n) is 14.9. The van der Waals surface area contributed by atoms with Gasteiger partial charge in [0.15, 0.2) is 0 Å². The lowest BCUT2D eigenvalue weighted by Crippen LogP contribution is -2.24. The Morgan fingerprint density at radius 1 is 1.21 bits per heavy atom. The van der Waals surface area contributed by atoms with E-state index in [4.69, 9.17) is 4.74 Å². The van der Waals surface area contributed by atoms with Crippen molar-refractivity contribution >= 4 is 35.0 Å². The summed E-state index contributed by atoms with van der Waals surface area (Å²) in [5, 5.41) is 2.60. The Morgan fingerprint density at radius 2 is 1.96 bits per heavy atom. The summed E-state index contributed by atoms with van der Waals surface area (Å²) in [6.45, 7) is 0.539. The predicted octanol–water partition coefficient (Wildman–Crippen LogP) is 4.69. The minimum Gasteiger partial charge on any atom is -0.495 e. The van der Waals surface area contributed by atoms with Gasteiger partial charge < -0.3 is 15.0 Å². The van der Waals surface area contributed by atoms with E-state index in [2.05, 4.69) is 5.32 Å². The molecule has 2 aromatic rings. The first-order chi connectivity index (χ1) is 13.3. The number of nitrogens with zero attached hydrogens (tertiary/aromatic N) is 1. The van der Waals surface area contributed by atoms with Gasteiger partial charge in [-0.2, -0.15) is 13.2 Å². The van der Waals surface area contributed by atoms with E-state index in [9.17, 15) is 22.8 Å². The molecule has 2 aromatic carbocycles. The lowest BCUT2D eigenvalue weighted by atomic mass is 10.2. The van der Waals surface area contributed by atoms with Crippen molar-refractivity contribution in [1.82, 2.24) is 0 Å². The summed E-state index contributed by atoms with van der Waals surface area (Å²) in [6, 6.07) is 10.3. The van der Waals surface area contributed by atoms with E-state index in [1.165, 1.54) is 31.4 Å². The molecule has 0 aromatic heterocycles. The monoisotopic (exact) mass is 410 g/mol. The molecule has 28 heavy (non-hydrogen) atoms. The van der Waals surface area contributed by atoms with Crippen LogP contribution in [0.25, 0.3) is 0 Å². The lowest BCUT2D eigenvalue weighted by Gasteiger charge is -2.20. The van der Waals surface area contributed by atoms with E-state index in [0.717, 1.165) is 6.42 Å². The number of nitrogens with one attached hydrogen (secondary N) is 1. The van der Waals surface area contributed by atoms with Crippen molar-refractivity contribution in [3.05, 3.63) is 48.0 Å². The number of hydrogen-bond acceptors (Lipinski definition) is 4. The van der Waals surface area contributed by atoms with Crippen molar-refractivity contribution in [3.8, 4) is 5.75 Å². The van der Waals surface area contributed by atoms with Gasteiger partial charge in [-0.15, -0.1) is 0 Å². The van der Waals surface area contributed by atoms with Crippen LogP contribution < -0.4 is 15.0 Å². The highest BCUT2D eigenvalue weighted by molar-refractivity contribution is 8.00. The van der Waals surface area contributed by atoms with E-state index >= 15 is 0 Å². The molecule has 1 heterocycles. The fraction of sp³-hybridized carbons (Fsp3) is 0.263. The number of thioether (sulfide) groups is 1. The molecule has 1 saturated heterocycles. The first kappa shape index (κ1) is 20.1. The molecule has 0 bridgehead atoms. The summed E-state index contributed by atoms with van der Waals surface area (Å²) in [5.74, 6) is -0.244. The third-order valence-electron chi connectivity index (χ3n) is 4.16. The van der Waals surface area contributed by atoms with Gasteiger partial charge in [0.25, 0.3) is 5.91 Å². The topological polar surface area (TPSA) is 58.6 Å². The summed E-state index contributed by atoms with van der Waals surface area (Å²) in [4.78, 5) is 26.0. The molecular formula is C19H17F3N2O3S. The number of alkyl halides is 3. The van der Waals surface area contributed by atoms with Gasteiger partial charge >= 0.3 is 5.51 Å². The smallest absolute Gasteiger partial charge is 0.446 e. The molecule has 9 heteroatoms. The standard InChI is InChI=1S/C19H17F3N2O3S/c1-27-15-9-8-12(11-14(15)24-10-4-7-17(24)25)23-18(26)13-5-2-3-6-16(13)28-19(20,21)22/h2-3,5-6,8-9,11H,4,7,10H2,1H3,(H,23,26). The number of ether oxygens (including phenoxy) is 1. The van der Waals surface area contributed by atoms with Gasteiger partial charge in [-0.1, -0.05) is 12.1 Å². The average Bonchev–Trinajstić information content (AvgIpc) is 3.06. The van der Waals surface area contributed by atoms with Gasteiger partial charge in [0.1, 0.15) is 5.75 Å². The molecule has 1 aliphatic heterocycles. The molecule has 2 amide bonds. The molecule has 5 nitrogen and oxygen atoms in total. The summed E-state index contributed by atoms with van der Waals surface area (Å²) in [6.07, 6.45) is 1.16. The van der Waals surface area contributed by atoms with Gasteiger partial charge in [0.05, 0.1) is 18.4 Å². The zero-order chi connectivity index (χ0) is 20.3. The van der Waals surface area contributed by atoms with Crippen molar-refractivity contribution < 1.29 is 27.5 Å². The Balaban J connectivity index is 1.86. The highest BCUT2D eigenvalue weighted by Crippen LogP contribution is 2.39. The summed E-state index contributed by atoms with van der Waals surface area (Å²) < 4.78 is 43.5. The number of halogens is 3. The van der Waals surface area contributed by atoms with Gasteiger partial charge in [0.2, 0.25) is 5.91 Å². The number of anilines is 2. The lowest BCUT2D eigenvalue weighted by molar-refractivity contribution is -0.117. The number of rotatable bonds is 5. The van der Waals surface area contributed by atoms with Crippen LogP contribution in [0.3, 0.4) is 0 Å². The number of carbonyl (C=O) groups is 2. The average molecular weight is 410 g/mol. The van der Waals surface area contributed by atoms with Crippen molar-refractivity contribution in [3.63, 3.8) is 0 Å². The third-order valence-corrected chi connectivity index (χ3v) is 4.97. The fourth-order valence-corrected chi connectivity index (χ4v) is 3.61. The Hall–Kier alpha value is -2.68. The molecule has 0 spiro atoms. The van der Waals surface area contributed by atoms with Gasteiger partial charge in [-0.25, -0.2) is 0 Å². The molecule has 0 atom stereocenters. The van der Waals surface area contributed by atoms with E-state index in [1.54, 1.807) is 23.1 Å². The van der Waals surface area contributed by atoms with Crippen LogP contribution >= 0.6 is 11.8 Å². The van der Waals surface area contributed by atoms with Crippen molar-refractivity contribution in [2.75, 3.05) is 23.9 Å². The first-order valence-corrected chi connectivity index (χ1v) is 9.24. The molecule has 1 aliphatic rings. The Morgan fingerprint density at radius 3 is 2.61 bits per heavy atom. The molecule has 148 valence electrons. The maximum atomic E-state index is 12.7. The minimum absolute atomic E-state index is 0.0475. The summed E-state index contributed by atoms with van der Waals surface area (Å²) >= 11 is -0.338. The van der Waals surface area contributed by atoms with Crippen LogP contribution in [0.15, 0.2) is 47.4 Å². The highest BCUT2D eigenvalue weighted by atomic mass is 32.2. The molecular weight excluding hydrogens is 393 g/mol. The zero-order valence-corrected chi connectivity index (χ0v) is 15.7. The number of carbonyl (C=O) groups excluding carboxylic acids is 2. The van der Waals surface area contributed by atoms with Crippen LogP contribution in [0.5, 0.6) is 5.75 Å². The molecule has 0 unspecified atom stereocenters.